The minimum Gasteiger partial charge on any atom is -0.496 e. The normalized spacial score (nSPS) is 9.76. The maximum absolute atomic E-state index is 12.6. The lowest BCUT2D eigenvalue weighted by Crippen LogP contribution is -2.34. The molecule has 0 bridgehead atoms. The van der Waals surface area contributed by atoms with Crippen molar-refractivity contribution in [2.45, 2.75) is 6.92 Å². The van der Waals surface area contributed by atoms with Crippen LogP contribution in [-0.2, 0) is 4.79 Å². The molecule has 0 heterocycles. The molecule has 2 amide bonds. The molecule has 0 saturated carbocycles. The molecule has 8 nitrogen and oxygen atoms in total. The average molecular weight is 433 g/mol. The number of rotatable bonds is 5. The number of hydrogen-bond acceptors (Lipinski definition) is 6. The number of carbonyl (C=O) groups is 2. The summed E-state index contributed by atoms with van der Waals surface area (Å²) in [5.41, 5.74) is 1.58. The van der Waals surface area contributed by atoms with Crippen LogP contribution in [0.4, 0.5) is 11.4 Å². The number of anilines is 2. The SMILES string of the molecule is COc1cccc(OC)c1C(=O)NC(=S)Nc1ccc(NC(=S)NC(C)=O)cc1. The van der Waals surface area contributed by atoms with Crippen LogP contribution in [0.2, 0.25) is 0 Å². The van der Waals surface area contributed by atoms with Crippen molar-refractivity contribution in [1.29, 1.82) is 0 Å². The van der Waals surface area contributed by atoms with Gasteiger partial charge in [0.2, 0.25) is 5.91 Å². The van der Waals surface area contributed by atoms with Crippen LogP contribution in [0.3, 0.4) is 0 Å². The van der Waals surface area contributed by atoms with Gasteiger partial charge < -0.3 is 25.4 Å². The Morgan fingerprint density at radius 1 is 0.793 bits per heavy atom. The summed E-state index contributed by atoms with van der Waals surface area (Å²) < 4.78 is 10.5. The summed E-state index contributed by atoms with van der Waals surface area (Å²) in [5.74, 6) is 0.0229. The Balaban J connectivity index is 2.00. The average Bonchev–Trinajstić information content (AvgIpc) is 2.67. The third-order valence-electron chi connectivity index (χ3n) is 3.57. The Labute approximate surface area is 179 Å². The first-order valence-electron chi connectivity index (χ1n) is 8.36. The number of hydrogen-bond donors (Lipinski definition) is 4. The molecule has 0 radical (unpaired) electrons. The van der Waals surface area contributed by atoms with E-state index in [1.165, 1.54) is 21.1 Å². The Morgan fingerprint density at radius 2 is 1.24 bits per heavy atom. The second kappa shape index (κ2) is 10.3. The maximum Gasteiger partial charge on any atom is 0.264 e. The molecular weight excluding hydrogens is 412 g/mol. The van der Waals surface area contributed by atoms with E-state index < -0.39 is 5.91 Å². The van der Waals surface area contributed by atoms with Crippen molar-refractivity contribution in [1.82, 2.24) is 10.6 Å². The van der Waals surface area contributed by atoms with Crippen LogP contribution in [0.15, 0.2) is 42.5 Å². The Hall–Kier alpha value is -3.24. The molecule has 2 aromatic carbocycles. The van der Waals surface area contributed by atoms with Gasteiger partial charge in [0.05, 0.1) is 14.2 Å². The molecule has 0 aliphatic heterocycles. The van der Waals surface area contributed by atoms with Gasteiger partial charge in [-0.3, -0.25) is 14.9 Å². The van der Waals surface area contributed by atoms with E-state index in [0.29, 0.717) is 22.9 Å². The van der Waals surface area contributed by atoms with Crippen molar-refractivity contribution in [3.63, 3.8) is 0 Å². The van der Waals surface area contributed by atoms with Crippen LogP contribution >= 0.6 is 24.4 Å². The van der Waals surface area contributed by atoms with Crippen LogP contribution in [0.1, 0.15) is 17.3 Å². The predicted octanol–water partition coefficient (Wildman–Crippen LogP) is 2.66. The highest BCUT2D eigenvalue weighted by molar-refractivity contribution is 7.80. The second-order valence-corrected chi connectivity index (χ2v) is 6.47. The Bertz CT molecular complexity index is 910. The monoisotopic (exact) mass is 432 g/mol. The van der Waals surface area contributed by atoms with Gasteiger partial charge in [-0.2, -0.15) is 0 Å². The summed E-state index contributed by atoms with van der Waals surface area (Å²) in [4.78, 5) is 23.6. The summed E-state index contributed by atoms with van der Waals surface area (Å²) in [7, 11) is 2.94. The van der Waals surface area contributed by atoms with Crippen molar-refractivity contribution in [3.05, 3.63) is 48.0 Å². The number of methoxy groups -OCH3 is 2. The number of thiocarbonyl (C=S) groups is 2. The summed E-state index contributed by atoms with van der Waals surface area (Å²) in [6.45, 7) is 1.37. The molecule has 2 aromatic rings. The minimum absolute atomic E-state index is 0.109. The quantitative estimate of drug-likeness (QED) is 0.535. The first kappa shape index (κ1) is 22.1. The van der Waals surface area contributed by atoms with E-state index in [-0.39, 0.29) is 21.7 Å². The van der Waals surface area contributed by atoms with Crippen molar-refractivity contribution in [2.24, 2.45) is 0 Å². The first-order chi connectivity index (χ1) is 13.8. The van der Waals surface area contributed by atoms with E-state index in [1.807, 2.05) is 0 Å². The van der Waals surface area contributed by atoms with E-state index in [0.717, 1.165) is 0 Å². The van der Waals surface area contributed by atoms with Crippen molar-refractivity contribution < 1.29 is 19.1 Å². The summed E-state index contributed by atoms with van der Waals surface area (Å²) in [5, 5.41) is 11.2. The molecule has 29 heavy (non-hydrogen) atoms. The number of nitrogens with one attached hydrogen (secondary N) is 4. The molecule has 4 N–H and O–H groups in total. The van der Waals surface area contributed by atoms with Gasteiger partial charge in [-0.15, -0.1) is 0 Å². The van der Waals surface area contributed by atoms with E-state index >= 15 is 0 Å². The number of benzene rings is 2. The van der Waals surface area contributed by atoms with Gasteiger partial charge in [0.1, 0.15) is 17.1 Å². The molecule has 152 valence electrons. The van der Waals surface area contributed by atoms with Crippen molar-refractivity contribution in [2.75, 3.05) is 24.9 Å². The molecule has 2 rings (SSSR count). The highest BCUT2D eigenvalue weighted by Crippen LogP contribution is 2.28. The summed E-state index contributed by atoms with van der Waals surface area (Å²) in [6.07, 6.45) is 0. The molecular formula is C19H20N4O4S2. The number of ether oxygens (including phenoxy) is 2. The standard InChI is InChI=1S/C19H20N4O4S2/c1-11(24)20-18(28)21-12-7-9-13(10-8-12)22-19(29)23-17(25)16-14(26-2)5-4-6-15(16)27-3/h4-10H,1-3H3,(H2,20,21,24,28)(H2,22,23,25,29). The fraction of sp³-hybridized carbons (Fsp3) is 0.158. The smallest absolute Gasteiger partial charge is 0.264 e. The fourth-order valence-electron chi connectivity index (χ4n) is 2.36. The van der Waals surface area contributed by atoms with E-state index in [9.17, 15) is 9.59 Å². The van der Waals surface area contributed by atoms with Gasteiger partial charge >= 0.3 is 0 Å². The molecule has 0 spiro atoms. The zero-order valence-electron chi connectivity index (χ0n) is 16.0. The molecule has 0 unspecified atom stereocenters. The Kier molecular flexibility index (Phi) is 7.87. The second-order valence-electron chi connectivity index (χ2n) is 5.66. The number of carbonyl (C=O) groups excluding carboxylic acids is 2. The van der Waals surface area contributed by atoms with Gasteiger partial charge in [0.15, 0.2) is 10.2 Å². The molecule has 0 aliphatic carbocycles. The van der Waals surface area contributed by atoms with Gasteiger partial charge in [0.25, 0.3) is 5.91 Å². The van der Waals surface area contributed by atoms with Gasteiger partial charge in [0, 0.05) is 18.3 Å². The van der Waals surface area contributed by atoms with E-state index in [1.54, 1.807) is 42.5 Å². The van der Waals surface area contributed by atoms with E-state index in [4.69, 9.17) is 33.9 Å². The van der Waals surface area contributed by atoms with Crippen LogP contribution in [0.25, 0.3) is 0 Å². The zero-order valence-corrected chi connectivity index (χ0v) is 17.6. The van der Waals surface area contributed by atoms with Crippen molar-refractivity contribution >= 4 is 57.8 Å². The number of amides is 2. The molecule has 0 saturated heterocycles. The largest absolute Gasteiger partial charge is 0.496 e. The third kappa shape index (κ3) is 6.40. The van der Waals surface area contributed by atoms with Crippen molar-refractivity contribution in [3.8, 4) is 11.5 Å². The summed E-state index contributed by atoms with van der Waals surface area (Å²) >= 11 is 10.2. The fourth-order valence-corrected chi connectivity index (χ4v) is 2.83. The highest BCUT2D eigenvalue weighted by Gasteiger charge is 2.19. The van der Waals surface area contributed by atoms with Crippen LogP contribution in [0, 0.1) is 0 Å². The van der Waals surface area contributed by atoms with Gasteiger partial charge in [-0.1, -0.05) is 6.07 Å². The first-order valence-corrected chi connectivity index (χ1v) is 9.17. The van der Waals surface area contributed by atoms with Gasteiger partial charge in [-0.05, 0) is 60.8 Å². The highest BCUT2D eigenvalue weighted by atomic mass is 32.1. The molecule has 0 aliphatic rings. The lowest BCUT2D eigenvalue weighted by molar-refractivity contribution is -0.117. The van der Waals surface area contributed by atoms with E-state index in [2.05, 4.69) is 21.3 Å². The molecule has 0 fully saturated rings. The minimum atomic E-state index is -0.462. The topological polar surface area (TPSA) is 101 Å². The molecule has 10 heteroatoms. The molecule has 0 aromatic heterocycles. The predicted molar refractivity (Wildman–Crippen MR) is 120 cm³/mol. The van der Waals surface area contributed by atoms with Crippen LogP contribution < -0.4 is 30.7 Å². The van der Waals surface area contributed by atoms with Crippen LogP contribution in [0.5, 0.6) is 11.5 Å². The summed E-state index contributed by atoms with van der Waals surface area (Å²) in [6, 6.07) is 12.0. The van der Waals surface area contributed by atoms with Gasteiger partial charge in [-0.25, -0.2) is 0 Å². The lowest BCUT2D eigenvalue weighted by atomic mass is 10.1. The Morgan fingerprint density at radius 3 is 1.66 bits per heavy atom. The third-order valence-corrected chi connectivity index (χ3v) is 3.98. The maximum atomic E-state index is 12.6. The lowest BCUT2D eigenvalue weighted by Gasteiger charge is -2.14. The zero-order chi connectivity index (χ0) is 21.4. The van der Waals surface area contributed by atoms with Crippen LogP contribution in [-0.4, -0.2) is 36.3 Å². The molecule has 0 atom stereocenters.